The summed E-state index contributed by atoms with van der Waals surface area (Å²) in [6.45, 7) is 5.39. The van der Waals surface area contributed by atoms with Crippen molar-refractivity contribution in [2.75, 3.05) is 39.5 Å². The van der Waals surface area contributed by atoms with Crippen molar-refractivity contribution in [2.24, 2.45) is 11.1 Å². The summed E-state index contributed by atoms with van der Waals surface area (Å²) in [4.78, 5) is 0. The number of nitrogens with two attached hydrogens (primary N) is 1. The summed E-state index contributed by atoms with van der Waals surface area (Å²) in [5.74, 6) is 0. The zero-order valence-corrected chi connectivity index (χ0v) is 10.0. The van der Waals surface area contributed by atoms with E-state index in [2.05, 4.69) is 5.32 Å². The quantitative estimate of drug-likeness (QED) is 0.720. The smallest absolute Gasteiger partial charge is 0.0700 e. The van der Waals surface area contributed by atoms with E-state index in [1.54, 1.807) is 0 Å². The van der Waals surface area contributed by atoms with Gasteiger partial charge in [0.15, 0.2) is 0 Å². The molecule has 4 heteroatoms. The highest BCUT2D eigenvalue weighted by molar-refractivity contribution is 4.85. The van der Waals surface area contributed by atoms with Crippen molar-refractivity contribution in [3.8, 4) is 0 Å². The summed E-state index contributed by atoms with van der Waals surface area (Å²) in [5, 5.41) is 3.53. The largest absolute Gasteiger partial charge is 0.381 e. The lowest BCUT2D eigenvalue weighted by Gasteiger charge is -2.36. The molecule has 0 aromatic carbocycles. The zero-order valence-electron chi connectivity index (χ0n) is 10.0. The first-order valence-corrected chi connectivity index (χ1v) is 6.45. The van der Waals surface area contributed by atoms with Crippen LogP contribution in [0.15, 0.2) is 0 Å². The maximum atomic E-state index is 5.91. The molecular formula is C12H24N2O2. The fourth-order valence-corrected chi connectivity index (χ4v) is 2.56. The lowest BCUT2D eigenvalue weighted by molar-refractivity contribution is 0.0171. The van der Waals surface area contributed by atoms with E-state index in [1.807, 2.05) is 0 Å². The Bertz CT molecular complexity index is 199. The van der Waals surface area contributed by atoms with E-state index >= 15 is 0 Å². The molecule has 2 aliphatic heterocycles. The fraction of sp³-hybridized carbons (Fsp3) is 1.00. The molecule has 2 fully saturated rings. The Morgan fingerprint density at radius 1 is 1.25 bits per heavy atom. The Kier molecular flexibility index (Phi) is 4.58. The van der Waals surface area contributed by atoms with Crippen LogP contribution in [-0.4, -0.2) is 45.6 Å². The Balaban J connectivity index is 1.69. The molecule has 1 atom stereocenters. The van der Waals surface area contributed by atoms with Gasteiger partial charge in [-0.1, -0.05) is 0 Å². The molecular weight excluding hydrogens is 204 g/mol. The monoisotopic (exact) mass is 228 g/mol. The van der Waals surface area contributed by atoms with Crippen LogP contribution < -0.4 is 11.1 Å². The average molecular weight is 228 g/mol. The minimum absolute atomic E-state index is 0.261. The molecule has 0 spiro atoms. The molecule has 94 valence electrons. The molecule has 16 heavy (non-hydrogen) atoms. The molecule has 0 aliphatic carbocycles. The highest BCUT2D eigenvalue weighted by Gasteiger charge is 2.31. The van der Waals surface area contributed by atoms with Crippen molar-refractivity contribution in [3.05, 3.63) is 0 Å². The first-order chi connectivity index (χ1) is 7.85. The minimum atomic E-state index is 0.261. The normalized spacial score (nSPS) is 29.4. The van der Waals surface area contributed by atoms with E-state index in [4.69, 9.17) is 15.2 Å². The number of nitrogens with one attached hydrogen (secondary N) is 1. The second-order valence-corrected chi connectivity index (χ2v) is 5.08. The van der Waals surface area contributed by atoms with Gasteiger partial charge < -0.3 is 20.5 Å². The second-order valence-electron chi connectivity index (χ2n) is 5.08. The van der Waals surface area contributed by atoms with Crippen molar-refractivity contribution in [1.82, 2.24) is 5.32 Å². The van der Waals surface area contributed by atoms with Crippen LogP contribution in [-0.2, 0) is 9.47 Å². The average Bonchev–Trinajstić information content (AvgIpc) is 2.83. The van der Waals surface area contributed by atoms with Gasteiger partial charge in [-0.3, -0.25) is 0 Å². The number of hydrogen-bond acceptors (Lipinski definition) is 4. The molecule has 0 aromatic rings. The molecule has 2 rings (SSSR count). The van der Waals surface area contributed by atoms with E-state index in [0.29, 0.717) is 6.10 Å². The highest BCUT2D eigenvalue weighted by Crippen LogP contribution is 2.28. The van der Waals surface area contributed by atoms with Gasteiger partial charge in [-0.05, 0) is 37.6 Å². The minimum Gasteiger partial charge on any atom is -0.381 e. The molecule has 0 amide bonds. The van der Waals surface area contributed by atoms with Crippen LogP contribution in [0.2, 0.25) is 0 Å². The SMILES string of the molecule is NCC1(CNCC2CCCO2)CCOCC1. The van der Waals surface area contributed by atoms with Gasteiger partial charge in [0.25, 0.3) is 0 Å². The second kappa shape index (κ2) is 5.96. The molecule has 2 aliphatic rings. The van der Waals surface area contributed by atoms with E-state index in [1.165, 1.54) is 12.8 Å². The molecule has 0 radical (unpaired) electrons. The fourth-order valence-electron chi connectivity index (χ4n) is 2.56. The van der Waals surface area contributed by atoms with Crippen molar-refractivity contribution in [3.63, 3.8) is 0 Å². The first-order valence-electron chi connectivity index (χ1n) is 6.45. The topological polar surface area (TPSA) is 56.5 Å². The van der Waals surface area contributed by atoms with Gasteiger partial charge in [0, 0.05) is 32.9 Å². The number of hydrogen-bond donors (Lipinski definition) is 2. The van der Waals surface area contributed by atoms with E-state index in [-0.39, 0.29) is 5.41 Å². The van der Waals surface area contributed by atoms with Gasteiger partial charge in [-0.15, -0.1) is 0 Å². The summed E-state index contributed by atoms with van der Waals surface area (Å²) < 4.78 is 11.0. The van der Waals surface area contributed by atoms with Crippen molar-refractivity contribution >= 4 is 0 Å². The van der Waals surface area contributed by atoms with Gasteiger partial charge >= 0.3 is 0 Å². The summed E-state index contributed by atoms with van der Waals surface area (Å²) in [5.41, 5.74) is 6.17. The lowest BCUT2D eigenvalue weighted by atomic mass is 9.80. The summed E-state index contributed by atoms with van der Waals surface area (Å²) >= 11 is 0. The number of ether oxygens (including phenoxy) is 2. The Labute approximate surface area is 97.9 Å². The highest BCUT2D eigenvalue weighted by atomic mass is 16.5. The van der Waals surface area contributed by atoms with E-state index in [0.717, 1.165) is 52.3 Å². The maximum absolute atomic E-state index is 5.91. The third-order valence-electron chi connectivity index (χ3n) is 3.88. The van der Waals surface area contributed by atoms with Crippen molar-refractivity contribution < 1.29 is 9.47 Å². The van der Waals surface area contributed by atoms with Gasteiger partial charge in [0.2, 0.25) is 0 Å². The van der Waals surface area contributed by atoms with Gasteiger partial charge in [0.05, 0.1) is 6.10 Å². The molecule has 3 N–H and O–H groups in total. The van der Waals surface area contributed by atoms with Crippen molar-refractivity contribution in [2.45, 2.75) is 31.8 Å². The molecule has 0 bridgehead atoms. The Hall–Kier alpha value is -0.160. The molecule has 0 aromatic heterocycles. The van der Waals surface area contributed by atoms with Gasteiger partial charge in [-0.2, -0.15) is 0 Å². The third kappa shape index (κ3) is 3.17. The summed E-state index contributed by atoms with van der Waals surface area (Å²) in [6, 6.07) is 0. The maximum Gasteiger partial charge on any atom is 0.0700 e. The number of rotatable bonds is 5. The van der Waals surface area contributed by atoms with Crippen LogP contribution >= 0.6 is 0 Å². The van der Waals surface area contributed by atoms with Gasteiger partial charge in [-0.25, -0.2) is 0 Å². The predicted octanol–water partition coefficient (Wildman–Crippen LogP) is 0.510. The van der Waals surface area contributed by atoms with Crippen LogP contribution in [0.1, 0.15) is 25.7 Å². The van der Waals surface area contributed by atoms with Crippen LogP contribution in [0.3, 0.4) is 0 Å². The predicted molar refractivity (Wildman–Crippen MR) is 63.4 cm³/mol. The van der Waals surface area contributed by atoms with Crippen molar-refractivity contribution in [1.29, 1.82) is 0 Å². The molecule has 2 saturated heterocycles. The van der Waals surface area contributed by atoms with E-state index < -0.39 is 0 Å². The van der Waals surface area contributed by atoms with Gasteiger partial charge in [0.1, 0.15) is 0 Å². The zero-order chi connectivity index (χ0) is 11.3. The van der Waals surface area contributed by atoms with Crippen LogP contribution in [0.25, 0.3) is 0 Å². The molecule has 2 heterocycles. The summed E-state index contributed by atoms with van der Waals surface area (Å²) in [7, 11) is 0. The van der Waals surface area contributed by atoms with E-state index in [9.17, 15) is 0 Å². The van der Waals surface area contributed by atoms with Crippen LogP contribution in [0, 0.1) is 5.41 Å². The van der Waals surface area contributed by atoms with Crippen LogP contribution in [0.5, 0.6) is 0 Å². The Morgan fingerprint density at radius 3 is 2.69 bits per heavy atom. The lowest BCUT2D eigenvalue weighted by Crippen LogP contribution is -2.45. The molecule has 4 nitrogen and oxygen atoms in total. The third-order valence-corrected chi connectivity index (χ3v) is 3.88. The molecule has 0 saturated carbocycles. The molecule has 1 unspecified atom stereocenters. The Morgan fingerprint density at radius 2 is 2.06 bits per heavy atom. The first kappa shape index (κ1) is 12.3. The standard InChI is InChI=1S/C12H24N2O2/c13-9-12(3-6-15-7-4-12)10-14-8-11-2-1-5-16-11/h11,14H,1-10,13H2. The van der Waals surface area contributed by atoms with Crippen LogP contribution in [0.4, 0.5) is 0 Å². The summed E-state index contributed by atoms with van der Waals surface area (Å²) in [6.07, 6.45) is 5.01.